The van der Waals surface area contributed by atoms with E-state index in [1.807, 2.05) is 19.1 Å². The van der Waals surface area contributed by atoms with Gasteiger partial charge in [-0.25, -0.2) is 13.2 Å². The molecular weight excluding hydrogens is 449 g/mol. The van der Waals surface area contributed by atoms with Crippen molar-refractivity contribution in [3.05, 3.63) is 100 Å². The highest BCUT2D eigenvalue weighted by molar-refractivity contribution is 8.01. The van der Waals surface area contributed by atoms with Gasteiger partial charge in [-0.1, -0.05) is 35.9 Å². The van der Waals surface area contributed by atoms with Crippen molar-refractivity contribution >= 4 is 29.3 Å². The Balaban J connectivity index is 1.61. The first-order valence-corrected chi connectivity index (χ1v) is 11.4. The lowest BCUT2D eigenvalue weighted by molar-refractivity contribution is -0.123. The molecule has 0 aliphatic carbocycles. The largest absolute Gasteiger partial charge is 0.311 e. The molecule has 3 aromatic rings. The fourth-order valence-corrected chi connectivity index (χ4v) is 5.94. The Kier molecular flexibility index (Phi) is 5.20. The van der Waals surface area contributed by atoms with E-state index in [1.165, 1.54) is 45.8 Å². The molecule has 33 heavy (non-hydrogen) atoms. The third kappa shape index (κ3) is 3.31. The molecule has 4 nitrogen and oxygen atoms in total. The summed E-state index contributed by atoms with van der Waals surface area (Å²) in [5, 5.41) is 0. The van der Waals surface area contributed by atoms with Crippen LogP contribution in [-0.4, -0.2) is 29.0 Å². The van der Waals surface area contributed by atoms with Crippen LogP contribution >= 0.6 is 11.8 Å². The van der Waals surface area contributed by atoms with Crippen LogP contribution < -0.4 is 4.90 Å². The number of fused-ring (bicyclic) bond motifs is 2. The fourth-order valence-electron chi connectivity index (χ4n) is 4.49. The summed E-state index contributed by atoms with van der Waals surface area (Å²) in [6.07, 6.45) is 0. The molecular formula is C25H19F3N2O2S. The minimum absolute atomic E-state index is 0.107. The van der Waals surface area contributed by atoms with Crippen LogP contribution in [0.4, 0.5) is 18.9 Å². The summed E-state index contributed by atoms with van der Waals surface area (Å²) in [4.78, 5) is 28.8. The minimum atomic E-state index is -1.38. The molecule has 0 N–H and O–H groups in total. The molecule has 0 aromatic heterocycles. The molecule has 0 saturated carbocycles. The Morgan fingerprint density at radius 2 is 1.82 bits per heavy atom. The van der Waals surface area contributed by atoms with Crippen molar-refractivity contribution in [2.24, 2.45) is 0 Å². The van der Waals surface area contributed by atoms with Crippen LogP contribution in [0.15, 0.2) is 60.7 Å². The van der Waals surface area contributed by atoms with Gasteiger partial charge in [-0.2, -0.15) is 0 Å². The summed E-state index contributed by atoms with van der Waals surface area (Å²) < 4.78 is 42.3. The van der Waals surface area contributed by atoms with Crippen molar-refractivity contribution < 1.29 is 22.8 Å². The number of aryl methyl sites for hydroxylation is 1. The zero-order chi connectivity index (χ0) is 23.3. The van der Waals surface area contributed by atoms with Crippen molar-refractivity contribution in [1.29, 1.82) is 0 Å². The lowest BCUT2D eigenvalue weighted by atomic mass is 10.0. The highest BCUT2D eigenvalue weighted by Crippen LogP contribution is 2.55. The number of anilines is 1. The normalized spacial score (nSPS) is 19.5. The molecule has 2 aliphatic rings. The zero-order valence-electron chi connectivity index (χ0n) is 17.6. The van der Waals surface area contributed by atoms with Gasteiger partial charge in [0.1, 0.15) is 17.5 Å². The molecule has 0 bridgehead atoms. The Labute approximate surface area is 193 Å². The number of hydrogen-bond acceptors (Lipinski definition) is 3. The lowest BCUT2D eigenvalue weighted by Crippen LogP contribution is -2.50. The number of carbonyl (C=O) groups is 2. The summed E-state index contributed by atoms with van der Waals surface area (Å²) in [7, 11) is 0. The fraction of sp³-hybridized carbons (Fsp3) is 0.200. The second kappa shape index (κ2) is 7.95. The van der Waals surface area contributed by atoms with E-state index >= 15 is 0 Å². The number of halogens is 3. The Morgan fingerprint density at radius 3 is 2.58 bits per heavy atom. The van der Waals surface area contributed by atoms with Gasteiger partial charge in [0.25, 0.3) is 11.8 Å². The topological polar surface area (TPSA) is 40.6 Å². The van der Waals surface area contributed by atoms with Crippen molar-refractivity contribution in [3.8, 4) is 0 Å². The van der Waals surface area contributed by atoms with Crippen LogP contribution in [0, 0.1) is 24.4 Å². The number of nitrogens with zero attached hydrogens (tertiary/aromatic N) is 2. The van der Waals surface area contributed by atoms with Crippen LogP contribution in [0.1, 0.15) is 27.0 Å². The van der Waals surface area contributed by atoms with Gasteiger partial charge in [0, 0.05) is 29.5 Å². The van der Waals surface area contributed by atoms with E-state index in [9.17, 15) is 22.8 Å². The summed E-state index contributed by atoms with van der Waals surface area (Å²) >= 11 is 1.31. The molecule has 3 aromatic carbocycles. The second-order valence-electron chi connectivity index (χ2n) is 8.08. The first-order valence-electron chi connectivity index (χ1n) is 10.4. The van der Waals surface area contributed by atoms with E-state index in [1.54, 1.807) is 12.1 Å². The molecule has 2 aliphatic heterocycles. The van der Waals surface area contributed by atoms with Crippen molar-refractivity contribution in [1.82, 2.24) is 4.90 Å². The molecule has 1 unspecified atom stereocenters. The predicted octanol–water partition coefficient (Wildman–Crippen LogP) is 5.00. The standard InChI is InChI=1S/C25H19F3N2O2S/c1-15-6-9-22-19(12-15)25(24(32)29(22)14-16-7-8-17(26)13-21(16)28)30(10-11-33-25)23(31)18-4-2-3-5-20(18)27/h2-9,12-13H,10-11,14H2,1H3. The SMILES string of the molecule is Cc1ccc2c(c1)C1(SCCN1C(=O)c1ccccc1F)C(=O)N2Cc1ccc(F)cc1F. The second-order valence-corrected chi connectivity index (χ2v) is 9.36. The van der Waals surface area contributed by atoms with E-state index < -0.39 is 34.1 Å². The first kappa shape index (κ1) is 21.6. The van der Waals surface area contributed by atoms with Gasteiger partial charge in [0.15, 0.2) is 4.87 Å². The average molecular weight is 469 g/mol. The van der Waals surface area contributed by atoms with E-state index in [0.717, 1.165) is 17.7 Å². The van der Waals surface area contributed by atoms with E-state index in [2.05, 4.69) is 0 Å². The average Bonchev–Trinajstić information content (AvgIpc) is 3.32. The third-order valence-corrected chi connectivity index (χ3v) is 7.46. The number of benzene rings is 3. The highest BCUT2D eigenvalue weighted by Gasteiger charge is 2.59. The Bertz CT molecular complexity index is 1300. The van der Waals surface area contributed by atoms with Crippen molar-refractivity contribution in [2.45, 2.75) is 18.3 Å². The molecule has 1 saturated heterocycles. The highest BCUT2D eigenvalue weighted by atomic mass is 32.2. The maximum absolute atomic E-state index is 14.4. The molecule has 2 heterocycles. The quantitative estimate of drug-likeness (QED) is 0.543. The zero-order valence-corrected chi connectivity index (χ0v) is 18.5. The molecule has 5 rings (SSSR count). The van der Waals surface area contributed by atoms with Crippen LogP contribution in [0.3, 0.4) is 0 Å². The number of amides is 2. The molecule has 1 atom stereocenters. The smallest absolute Gasteiger partial charge is 0.268 e. The van der Waals surface area contributed by atoms with Crippen LogP contribution in [0.25, 0.3) is 0 Å². The van der Waals surface area contributed by atoms with Crippen LogP contribution in [0.2, 0.25) is 0 Å². The maximum atomic E-state index is 14.4. The number of carbonyl (C=O) groups excluding carboxylic acids is 2. The number of hydrogen-bond donors (Lipinski definition) is 0. The lowest BCUT2D eigenvalue weighted by Gasteiger charge is -2.33. The van der Waals surface area contributed by atoms with Crippen LogP contribution in [-0.2, 0) is 16.2 Å². The predicted molar refractivity (Wildman–Crippen MR) is 120 cm³/mol. The van der Waals surface area contributed by atoms with Gasteiger partial charge in [-0.3, -0.25) is 9.59 Å². The van der Waals surface area contributed by atoms with E-state index in [0.29, 0.717) is 17.0 Å². The molecule has 8 heteroatoms. The van der Waals surface area contributed by atoms with Gasteiger partial charge in [0.2, 0.25) is 0 Å². The Morgan fingerprint density at radius 1 is 1.03 bits per heavy atom. The van der Waals surface area contributed by atoms with Gasteiger partial charge >= 0.3 is 0 Å². The summed E-state index contributed by atoms with van der Waals surface area (Å²) in [6, 6.07) is 14.4. The molecule has 168 valence electrons. The van der Waals surface area contributed by atoms with E-state index in [4.69, 9.17) is 0 Å². The monoisotopic (exact) mass is 468 g/mol. The van der Waals surface area contributed by atoms with Gasteiger partial charge < -0.3 is 9.80 Å². The van der Waals surface area contributed by atoms with Gasteiger partial charge in [0.05, 0.1) is 17.8 Å². The summed E-state index contributed by atoms with van der Waals surface area (Å²) in [6.45, 7) is 2.02. The van der Waals surface area contributed by atoms with Crippen molar-refractivity contribution in [2.75, 3.05) is 17.2 Å². The number of thioether (sulfide) groups is 1. The third-order valence-electron chi connectivity index (χ3n) is 6.04. The molecule has 1 fully saturated rings. The van der Waals surface area contributed by atoms with Gasteiger partial charge in [-0.05, 0) is 31.2 Å². The van der Waals surface area contributed by atoms with E-state index in [-0.39, 0.29) is 24.2 Å². The minimum Gasteiger partial charge on any atom is -0.311 e. The molecule has 1 spiro atoms. The van der Waals surface area contributed by atoms with Crippen LogP contribution in [0.5, 0.6) is 0 Å². The molecule has 2 amide bonds. The molecule has 0 radical (unpaired) electrons. The maximum Gasteiger partial charge on any atom is 0.268 e. The number of rotatable bonds is 3. The Hall–Kier alpha value is -3.26. The summed E-state index contributed by atoms with van der Waals surface area (Å²) in [5.41, 5.74) is 2.10. The summed E-state index contributed by atoms with van der Waals surface area (Å²) in [5.74, 6) is -2.61. The van der Waals surface area contributed by atoms with Crippen molar-refractivity contribution in [3.63, 3.8) is 0 Å². The first-order chi connectivity index (χ1) is 15.8. The van der Waals surface area contributed by atoms with Gasteiger partial charge in [-0.15, -0.1) is 11.8 Å².